The fourth-order valence-electron chi connectivity index (χ4n) is 2.05. The van der Waals surface area contributed by atoms with Crippen LogP contribution in [-0.4, -0.2) is 13.7 Å². The Balaban J connectivity index is 2.25. The van der Waals surface area contributed by atoms with Crippen LogP contribution in [0.4, 0.5) is 0 Å². The summed E-state index contributed by atoms with van der Waals surface area (Å²) in [4.78, 5) is 0. The van der Waals surface area contributed by atoms with Crippen molar-refractivity contribution in [2.24, 2.45) is 0 Å². The molecule has 0 saturated carbocycles. The second-order valence-electron chi connectivity index (χ2n) is 3.94. The molecule has 3 heteroatoms. The molecule has 0 amide bonds. The zero-order valence-corrected chi connectivity index (χ0v) is 11.0. The average molecular weight is 282 g/mol. The second-order valence-corrected chi connectivity index (χ2v) is 4.86. The molecule has 0 aromatic heterocycles. The topological polar surface area (TPSA) is 21.3 Å². The Morgan fingerprint density at radius 2 is 2.31 bits per heavy atom. The van der Waals surface area contributed by atoms with Crippen LogP contribution < -0.4 is 5.32 Å². The molecule has 1 heterocycles. The van der Waals surface area contributed by atoms with Gasteiger partial charge in [-0.05, 0) is 43.2 Å². The predicted octanol–water partition coefficient (Wildman–Crippen LogP) is 3.40. The Hall–Kier alpha value is -0.800. The van der Waals surface area contributed by atoms with E-state index in [1.807, 2.05) is 19.4 Å². The predicted molar refractivity (Wildman–Crippen MR) is 69.2 cm³/mol. The van der Waals surface area contributed by atoms with Gasteiger partial charge in [-0.2, -0.15) is 0 Å². The minimum atomic E-state index is 0.262. The third kappa shape index (κ3) is 2.66. The van der Waals surface area contributed by atoms with Gasteiger partial charge in [-0.25, -0.2) is 0 Å². The Morgan fingerprint density at radius 3 is 2.94 bits per heavy atom. The molecule has 1 unspecified atom stereocenters. The highest BCUT2D eigenvalue weighted by molar-refractivity contribution is 9.10. The number of rotatable bonds is 3. The minimum absolute atomic E-state index is 0.262. The SMILES string of the molecule is CNC(C1=COCCC1)c1cccc(Br)c1. The second kappa shape index (κ2) is 5.51. The molecule has 86 valence electrons. The summed E-state index contributed by atoms with van der Waals surface area (Å²) >= 11 is 3.51. The van der Waals surface area contributed by atoms with Gasteiger partial charge in [-0.15, -0.1) is 0 Å². The molecule has 0 aliphatic carbocycles. The molecule has 1 atom stereocenters. The van der Waals surface area contributed by atoms with Gasteiger partial charge in [-0.1, -0.05) is 28.1 Å². The van der Waals surface area contributed by atoms with Crippen molar-refractivity contribution in [2.75, 3.05) is 13.7 Å². The van der Waals surface area contributed by atoms with Crippen molar-refractivity contribution in [3.05, 3.63) is 46.1 Å². The van der Waals surface area contributed by atoms with E-state index < -0.39 is 0 Å². The fraction of sp³-hybridized carbons (Fsp3) is 0.385. The molecular weight excluding hydrogens is 266 g/mol. The van der Waals surface area contributed by atoms with Crippen LogP contribution in [0, 0.1) is 0 Å². The molecule has 2 nitrogen and oxygen atoms in total. The number of hydrogen-bond donors (Lipinski definition) is 1. The third-order valence-corrected chi connectivity index (χ3v) is 3.30. The first-order valence-corrected chi connectivity index (χ1v) is 6.34. The molecule has 0 fully saturated rings. The van der Waals surface area contributed by atoms with Gasteiger partial charge in [0.1, 0.15) is 0 Å². The largest absolute Gasteiger partial charge is 0.501 e. The van der Waals surface area contributed by atoms with Crippen LogP contribution in [0.2, 0.25) is 0 Å². The van der Waals surface area contributed by atoms with Crippen molar-refractivity contribution in [1.82, 2.24) is 5.32 Å². The highest BCUT2D eigenvalue weighted by atomic mass is 79.9. The van der Waals surface area contributed by atoms with Gasteiger partial charge in [0, 0.05) is 4.47 Å². The highest BCUT2D eigenvalue weighted by Gasteiger charge is 2.17. The molecule has 1 aromatic carbocycles. The van der Waals surface area contributed by atoms with Crippen LogP contribution in [0.15, 0.2) is 40.6 Å². The maximum Gasteiger partial charge on any atom is 0.0876 e. The van der Waals surface area contributed by atoms with Crippen molar-refractivity contribution in [3.8, 4) is 0 Å². The molecule has 1 aliphatic rings. The summed E-state index contributed by atoms with van der Waals surface area (Å²) in [5, 5.41) is 3.35. The van der Waals surface area contributed by atoms with E-state index in [1.54, 1.807) is 0 Å². The van der Waals surface area contributed by atoms with E-state index in [9.17, 15) is 0 Å². The average Bonchev–Trinajstić information content (AvgIpc) is 2.31. The summed E-state index contributed by atoms with van der Waals surface area (Å²) < 4.78 is 6.52. The van der Waals surface area contributed by atoms with Crippen molar-refractivity contribution >= 4 is 15.9 Å². The van der Waals surface area contributed by atoms with Gasteiger partial charge in [0.05, 0.1) is 18.9 Å². The highest BCUT2D eigenvalue weighted by Crippen LogP contribution is 2.28. The summed E-state index contributed by atoms with van der Waals surface area (Å²) in [6.07, 6.45) is 4.13. The lowest BCUT2D eigenvalue weighted by atomic mass is 9.95. The zero-order chi connectivity index (χ0) is 11.4. The Bertz CT molecular complexity index is 389. The summed E-state index contributed by atoms with van der Waals surface area (Å²) in [6, 6.07) is 8.66. The summed E-state index contributed by atoms with van der Waals surface area (Å²) in [5.41, 5.74) is 2.60. The van der Waals surface area contributed by atoms with Crippen molar-refractivity contribution < 1.29 is 4.74 Å². The fourth-order valence-corrected chi connectivity index (χ4v) is 2.47. The van der Waals surface area contributed by atoms with Crippen LogP contribution >= 0.6 is 15.9 Å². The van der Waals surface area contributed by atoms with Gasteiger partial charge in [-0.3, -0.25) is 0 Å². The molecule has 0 radical (unpaired) electrons. The lowest BCUT2D eigenvalue weighted by Crippen LogP contribution is -2.20. The van der Waals surface area contributed by atoms with Crippen molar-refractivity contribution in [3.63, 3.8) is 0 Å². The van der Waals surface area contributed by atoms with E-state index in [1.165, 1.54) is 11.1 Å². The van der Waals surface area contributed by atoms with E-state index in [0.29, 0.717) is 0 Å². The van der Waals surface area contributed by atoms with E-state index >= 15 is 0 Å². The molecule has 0 spiro atoms. The van der Waals surface area contributed by atoms with Crippen LogP contribution in [0.25, 0.3) is 0 Å². The molecule has 1 aliphatic heterocycles. The van der Waals surface area contributed by atoms with Gasteiger partial charge < -0.3 is 10.1 Å². The molecular formula is C13H16BrNO. The summed E-state index contributed by atoms with van der Waals surface area (Å²) in [7, 11) is 1.99. The van der Waals surface area contributed by atoms with E-state index in [0.717, 1.165) is 23.9 Å². The van der Waals surface area contributed by atoms with E-state index in [4.69, 9.17) is 4.74 Å². The standard InChI is InChI=1S/C13H16BrNO/c1-15-13(11-5-3-7-16-9-11)10-4-2-6-12(14)8-10/h2,4,6,8-9,13,15H,3,5,7H2,1H3. The van der Waals surface area contributed by atoms with Gasteiger partial charge >= 0.3 is 0 Å². The number of likely N-dealkylation sites (N-methyl/N-ethyl adjacent to an activating group) is 1. The first-order valence-electron chi connectivity index (χ1n) is 5.54. The molecule has 1 N–H and O–H groups in total. The number of benzene rings is 1. The summed E-state index contributed by atoms with van der Waals surface area (Å²) in [5.74, 6) is 0. The normalized spacial score (nSPS) is 17.5. The first-order chi connectivity index (χ1) is 7.81. The van der Waals surface area contributed by atoms with Crippen LogP contribution in [0.1, 0.15) is 24.4 Å². The zero-order valence-electron chi connectivity index (χ0n) is 9.37. The van der Waals surface area contributed by atoms with Crippen LogP contribution in [-0.2, 0) is 4.74 Å². The van der Waals surface area contributed by atoms with Crippen molar-refractivity contribution in [1.29, 1.82) is 0 Å². The number of nitrogens with one attached hydrogen (secondary N) is 1. The first kappa shape index (κ1) is 11.7. The maximum atomic E-state index is 5.40. The molecule has 0 saturated heterocycles. The van der Waals surface area contributed by atoms with Crippen LogP contribution in [0.5, 0.6) is 0 Å². The number of hydrogen-bond acceptors (Lipinski definition) is 2. The van der Waals surface area contributed by atoms with Gasteiger partial charge in [0.15, 0.2) is 0 Å². The lowest BCUT2D eigenvalue weighted by molar-refractivity contribution is 0.220. The summed E-state index contributed by atoms with van der Waals surface area (Å²) in [6.45, 7) is 0.846. The van der Waals surface area contributed by atoms with E-state index in [2.05, 4.69) is 39.4 Å². The number of ether oxygens (including phenoxy) is 1. The molecule has 16 heavy (non-hydrogen) atoms. The Kier molecular flexibility index (Phi) is 4.02. The monoisotopic (exact) mass is 281 g/mol. The smallest absolute Gasteiger partial charge is 0.0876 e. The molecule has 2 rings (SSSR count). The molecule has 1 aromatic rings. The van der Waals surface area contributed by atoms with E-state index in [-0.39, 0.29) is 6.04 Å². The quantitative estimate of drug-likeness (QED) is 0.917. The van der Waals surface area contributed by atoms with Gasteiger partial charge in [0.25, 0.3) is 0 Å². The molecule has 0 bridgehead atoms. The van der Waals surface area contributed by atoms with Crippen molar-refractivity contribution in [2.45, 2.75) is 18.9 Å². The number of halogens is 1. The Morgan fingerprint density at radius 1 is 1.44 bits per heavy atom. The van der Waals surface area contributed by atoms with Gasteiger partial charge in [0.2, 0.25) is 0 Å². The minimum Gasteiger partial charge on any atom is -0.501 e. The third-order valence-electron chi connectivity index (χ3n) is 2.80. The Labute approximate surface area is 105 Å². The van der Waals surface area contributed by atoms with Crippen LogP contribution in [0.3, 0.4) is 0 Å². The maximum absolute atomic E-state index is 5.40. The lowest BCUT2D eigenvalue weighted by Gasteiger charge is -2.23.